The SMILES string of the molecule is Fc1cc(-c2ccn(CC3=CC=CCC3)c2)c(F)cc1Br. The maximum Gasteiger partial charge on any atom is 0.138 e. The standard InChI is InChI=1S/C17H14BrF2N/c18-15-9-16(19)14(8-17(15)20)13-6-7-21(11-13)10-12-4-2-1-3-5-12/h1-2,4,6-9,11H,3,5,10H2. The number of hydrogen-bond acceptors (Lipinski definition) is 0. The van der Waals surface area contributed by atoms with E-state index in [4.69, 9.17) is 0 Å². The number of hydrogen-bond donors (Lipinski definition) is 0. The van der Waals surface area contributed by atoms with Gasteiger partial charge >= 0.3 is 0 Å². The molecule has 0 radical (unpaired) electrons. The summed E-state index contributed by atoms with van der Waals surface area (Å²) >= 11 is 2.99. The summed E-state index contributed by atoms with van der Waals surface area (Å²) in [7, 11) is 0. The van der Waals surface area contributed by atoms with Gasteiger partial charge in [0.25, 0.3) is 0 Å². The van der Waals surface area contributed by atoms with E-state index in [9.17, 15) is 8.78 Å². The first-order valence-electron chi connectivity index (χ1n) is 6.79. The lowest BCUT2D eigenvalue weighted by atomic mass is 10.1. The van der Waals surface area contributed by atoms with Crippen LogP contribution >= 0.6 is 15.9 Å². The zero-order valence-corrected chi connectivity index (χ0v) is 12.9. The molecule has 0 bridgehead atoms. The number of halogens is 3. The summed E-state index contributed by atoms with van der Waals surface area (Å²) in [6, 6.07) is 4.20. The minimum absolute atomic E-state index is 0.141. The molecule has 0 atom stereocenters. The first-order valence-corrected chi connectivity index (χ1v) is 7.58. The van der Waals surface area contributed by atoms with Crippen LogP contribution in [0.15, 0.2) is 58.9 Å². The summed E-state index contributed by atoms with van der Waals surface area (Å²) in [5, 5.41) is 0. The van der Waals surface area contributed by atoms with Crippen LogP contribution in [0.4, 0.5) is 8.78 Å². The normalized spacial score (nSPS) is 14.3. The molecule has 0 spiro atoms. The highest BCUT2D eigenvalue weighted by atomic mass is 79.9. The molecule has 0 saturated carbocycles. The Bertz CT molecular complexity index is 728. The van der Waals surface area contributed by atoms with Crippen molar-refractivity contribution in [3.63, 3.8) is 0 Å². The quantitative estimate of drug-likeness (QED) is 0.647. The second kappa shape index (κ2) is 5.98. The van der Waals surface area contributed by atoms with Crippen LogP contribution in [0.2, 0.25) is 0 Å². The molecule has 1 aromatic carbocycles. The number of rotatable bonds is 3. The molecule has 1 nitrogen and oxygen atoms in total. The van der Waals surface area contributed by atoms with E-state index in [0.29, 0.717) is 5.56 Å². The third-order valence-electron chi connectivity index (χ3n) is 3.56. The third kappa shape index (κ3) is 3.16. The van der Waals surface area contributed by atoms with Crippen LogP contribution in [0.1, 0.15) is 12.8 Å². The molecule has 2 aromatic rings. The zero-order valence-electron chi connectivity index (χ0n) is 11.3. The molecule has 0 unspecified atom stereocenters. The molecular weight excluding hydrogens is 336 g/mol. The Morgan fingerprint density at radius 3 is 2.81 bits per heavy atom. The second-order valence-corrected chi connectivity index (χ2v) is 5.96. The first-order chi connectivity index (χ1) is 10.1. The van der Waals surface area contributed by atoms with E-state index < -0.39 is 11.6 Å². The van der Waals surface area contributed by atoms with Crippen LogP contribution in [0.25, 0.3) is 11.1 Å². The molecule has 0 fully saturated rings. The van der Waals surface area contributed by atoms with Gasteiger partial charge in [0.2, 0.25) is 0 Å². The van der Waals surface area contributed by atoms with Crippen molar-refractivity contribution in [3.05, 3.63) is 70.5 Å². The average Bonchev–Trinajstić information content (AvgIpc) is 2.92. The van der Waals surface area contributed by atoms with E-state index in [1.807, 2.05) is 23.0 Å². The fourth-order valence-corrected chi connectivity index (χ4v) is 2.78. The Labute approximate surface area is 130 Å². The van der Waals surface area contributed by atoms with E-state index in [1.165, 1.54) is 11.6 Å². The number of nitrogens with zero attached hydrogens (tertiary/aromatic N) is 1. The monoisotopic (exact) mass is 349 g/mol. The van der Waals surface area contributed by atoms with Crippen LogP contribution in [0, 0.1) is 11.6 Å². The third-order valence-corrected chi connectivity index (χ3v) is 4.16. The van der Waals surface area contributed by atoms with Crippen LogP contribution in [0.5, 0.6) is 0 Å². The van der Waals surface area contributed by atoms with Crippen LogP contribution < -0.4 is 0 Å². The minimum atomic E-state index is -0.459. The van der Waals surface area contributed by atoms with Crippen molar-refractivity contribution < 1.29 is 8.78 Å². The lowest BCUT2D eigenvalue weighted by molar-refractivity contribution is 0.597. The van der Waals surface area contributed by atoms with Crippen molar-refractivity contribution in [2.45, 2.75) is 19.4 Å². The molecular formula is C17H14BrF2N. The Hall–Kier alpha value is -1.68. The summed E-state index contributed by atoms with van der Waals surface area (Å²) in [6.45, 7) is 0.783. The predicted molar refractivity (Wildman–Crippen MR) is 83.9 cm³/mol. The van der Waals surface area contributed by atoms with Crippen molar-refractivity contribution in [1.29, 1.82) is 0 Å². The van der Waals surface area contributed by atoms with Crippen molar-refractivity contribution in [1.82, 2.24) is 4.57 Å². The van der Waals surface area contributed by atoms with Crippen molar-refractivity contribution in [2.24, 2.45) is 0 Å². The fraction of sp³-hybridized carbons (Fsp3) is 0.176. The number of allylic oxidation sites excluding steroid dienone is 4. The summed E-state index contributed by atoms with van der Waals surface area (Å²) in [5.74, 6) is -0.889. The molecule has 1 aromatic heterocycles. The highest BCUT2D eigenvalue weighted by Gasteiger charge is 2.11. The Balaban J connectivity index is 1.86. The summed E-state index contributed by atoms with van der Waals surface area (Å²) in [5.41, 5.74) is 2.31. The Morgan fingerprint density at radius 1 is 1.19 bits per heavy atom. The average molecular weight is 350 g/mol. The van der Waals surface area contributed by atoms with Crippen LogP contribution in [0.3, 0.4) is 0 Å². The molecule has 0 saturated heterocycles. The van der Waals surface area contributed by atoms with Crippen LogP contribution in [-0.4, -0.2) is 4.57 Å². The van der Waals surface area contributed by atoms with Crippen molar-refractivity contribution in [3.8, 4) is 11.1 Å². The maximum atomic E-state index is 14.0. The molecule has 1 heterocycles. The predicted octanol–water partition coefficient (Wildman–Crippen LogP) is 5.47. The Morgan fingerprint density at radius 2 is 2.05 bits per heavy atom. The topological polar surface area (TPSA) is 4.93 Å². The molecule has 1 aliphatic rings. The van der Waals surface area contributed by atoms with Gasteiger partial charge < -0.3 is 4.57 Å². The minimum Gasteiger partial charge on any atom is -0.350 e. The van der Waals surface area contributed by atoms with Gasteiger partial charge in [0.1, 0.15) is 11.6 Å². The second-order valence-electron chi connectivity index (χ2n) is 5.11. The molecule has 1 aliphatic carbocycles. The summed E-state index contributed by atoms with van der Waals surface area (Å²) in [4.78, 5) is 0. The molecule has 0 N–H and O–H groups in total. The highest BCUT2D eigenvalue weighted by Crippen LogP contribution is 2.28. The van der Waals surface area contributed by atoms with Gasteiger partial charge in [0.15, 0.2) is 0 Å². The van der Waals surface area contributed by atoms with E-state index in [0.717, 1.165) is 25.5 Å². The lowest BCUT2D eigenvalue weighted by Crippen LogP contribution is -1.99. The lowest BCUT2D eigenvalue weighted by Gasteiger charge is -2.09. The Kier molecular flexibility index (Phi) is 4.06. The van der Waals surface area contributed by atoms with E-state index in [2.05, 4.69) is 34.2 Å². The number of aromatic nitrogens is 1. The highest BCUT2D eigenvalue weighted by molar-refractivity contribution is 9.10. The zero-order chi connectivity index (χ0) is 14.8. The van der Waals surface area contributed by atoms with E-state index in [1.54, 1.807) is 0 Å². The van der Waals surface area contributed by atoms with Gasteiger partial charge in [-0.25, -0.2) is 8.78 Å². The van der Waals surface area contributed by atoms with Gasteiger partial charge in [0.05, 0.1) is 4.47 Å². The van der Waals surface area contributed by atoms with Gasteiger partial charge in [-0.2, -0.15) is 0 Å². The van der Waals surface area contributed by atoms with Gasteiger partial charge in [-0.1, -0.05) is 23.8 Å². The molecule has 3 rings (SSSR count). The van der Waals surface area contributed by atoms with Crippen molar-refractivity contribution in [2.75, 3.05) is 0 Å². The van der Waals surface area contributed by atoms with E-state index in [-0.39, 0.29) is 10.0 Å². The van der Waals surface area contributed by atoms with Gasteiger partial charge in [-0.3, -0.25) is 0 Å². The first kappa shape index (κ1) is 14.3. The molecule has 0 aliphatic heterocycles. The fourth-order valence-electron chi connectivity index (χ4n) is 2.46. The molecule has 0 amide bonds. The summed E-state index contributed by atoms with van der Waals surface area (Å²) in [6.07, 6.45) is 12.2. The molecule has 4 heteroatoms. The summed E-state index contributed by atoms with van der Waals surface area (Å²) < 4.78 is 29.7. The maximum absolute atomic E-state index is 14.0. The van der Waals surface area contributed by atoms with Gasteiger partial charge in [-0.05, 0) is 47.0 Å². The van der Waals surface area contributed by atoms with E-state index >= 15 is 0 Å². The largest absolute Gasteiger partial charge is 0.350 e. The molecule has 108 valence electrons. The van der Waals surface area contributed by atoms with Gasteiger partial charge in [-0.15, -0.1) is 0 Å². The van der Waals surface area contributed by atoms with Crippen molar-refractivity contribution >= 4 is 15.9 Å². The smallest absolute Gasteiger partial charge is 0.138 e. The van der Waals surface area contributed by atoms with Crippen LogP contribution in [-0.2, 0) is 6.54 Å². The number of benzene rings is 1. The molecule has 21 heavy (non-hydrogen) atoms. The van der Waals surface area contributed by atoms with Gasteiger partial charge in [0, 0.05) is 30.1 Å².